The number of hydrogen-bond donors (Lipinski definition) is 2. The van der Waals surface area contributed by atoms with Gasteiger partial charge in [0.1, 0.15) is 0 Å². The summed E-state index contributed by atoms with van der Waals surface area (Å²) < 4.78 is 0. The first-order chi connectivity index (χ1) is 11.0. The van der Waals surface area contributed by atoms with Gasteiger partial charge in [0, 0.05) is 5.56 Å². The van der Waals surface area contributed by atoms with Crippen LogP contribution in [0.15, 0.2) is 48.5 Å². The molecule has 0 unspecified atom stereocenters. The molecule has 0 aromatic heterocycles. The van der Waals surface area contributed by atoms with Crippen molar-refractivity contribution in [3.63, 3.8) is 0 Å². The van der Waals surface area contributed by atoms with Gasteiger partial charge in [-0.05, 0) is 31.0 Å². The quantitative estimate of drug-likeness (QED) is 0.893. The van der Waals surface area contributed by atoms with E-state index in [-0.39, 0.29) is 11.8 Å². The molecule has 3 N–H and O–H groups in total. The zero-order valence-corrected chi connectivity index (χ0v) is 13.1. The molecule has 0 fully saturated rings. The van der Waals surface area contributed by atoms with Crippen molar-refractivity contribution in [1.82, 2.24) is 5.43 Å². The summed E-state index contributed by atoms with van der Waals surface area (Å²) in [6.45, 7) is 3.43. The van der Waals surface area contributed by atoms with E-state index in [1.54, 1.807) is 6.92 Å². The van der Waals surface area contributed by atoms with Crippen molar-refractivity contribution in [2.45, 2.75) is 25.8 Å². The van der Waals surface area contributed by atoms with Crippen molar-refractivity contribution < 1.29 is 9.59 Å². The Kier molecular flexibility index (Phi) is 3.88. The van der Waals surface area contributed by atoms with Crippen LogP contribution in [0.3, 0.4) is 0 Å². The first kappa shape index (κ1) is 15.2. The van der Waals surface area contributed by atoms with Crippen molar-refractivity contribution in [2.75, 3.05) is 5.01 Å². The van der Waals surface area contributed by atoms with Crippen LogP contribution in [0.25, 0.3) is 11.1 Å². The summed E-state index contributed by atoms with van der Waals surface area (Å²) in [5, 5.41) is 1.33. The van der Waals surface area contributed by atoms with E-state index in [9.17, 15) is 9.59 Å². The number of para-hydroxylation sites is 1. The van der Waals surface area contributed by atoms with Crippen LogP contribution in [-0.4, -0.2) is 17.9 Å². The first-order valence-electron chi connectivity index (χ1n) is 7.59. The summed E-state index contributed by atoms with van der Waals surface area (Å²) in [5.74, 6) is -0.949. The van der Waals surface area contributed by atoms with Crippen molar-refractivity contribution >= 4 is 17.5 Å². The summed E-state index contributed by atoms with van der Waals surface area (Å²) in [7, 11) is 0. The van der Waals surface area contributed by atoms with Crippen LogP contribution in [0.1, 0.15) is 25.3 Å². The highest BCUT2D eigenvalue weighted by molar-refractivity contribution is 6.06. The van der Waals surface area contributed by atoms with E-state index in [4.69, 9.17) is 5.73 Å². The highest BCUT2D eigenvalue weighted by Crippen LogP contribution is 2.39. The third-order valence-corrected chi connectivity index (χ3v) is 4.09. The number of nitrogens with two attached hydrogens (primary N) is 1. The third-order valence-electron chi connectivity index (χ3n) is 4.09. The molecule has 2 amide bonds. The van der Waals surface area contributed by atoms with Gasteiger partial charge >= 0.3 is 0 Å². The number of rotatable bonds is 2. The lowest BCUT2D eigenvalue weighted by Crippen LogP contribution is -2.52. The van der Waals surface area contributed by atoms with Crippen LogP contribution >= 0.6 is 0 Å². The Morgan fingerprint density at radius 3 is 2.43 bits per heavy atom. The molecule has 2 aromatic carbocycles. The number of hydrogen-bond acceptors (Lipinski definition) is 3. The number of amides is 2. The van der Waals surface area contributed by atoms with Crippen molar-refractivity contribution in [3.8, 4) is 11.1 Å². The topological polar surface area (TPSA) is 75.4 Å². The molecule has 0 radical (unpaired) electrons. The van der Waals surface area contributed by atoms with Gasteiger partial charge < -0.3 is 5.73 Å². The highest BCUT2D eigenvalue weighted by Gasteiger charge is 2.32. The van der Waals surface area contributed by atoms with E-state index in [1.165, 1.54) is 5.01 Å². The normalized spacial score (nSPS) is 17.8. The zero-order chi connectivity index (χ0) is 16.6. The number of benzene rings is 2. The summed E-state index contributed by atoms with van der Waals surface area (Å²) in [6, 6.07) is 14.6. The fraction of sp³-hybridized carbons (Fsp3) is 0.222. The third kappa shape index (κ3) is 2.59. The maximum Gasteiger partial charge on any atom is 0.255 e. The Balaban J connectivity index is 2.17. The Hall–Kier alpha value is -2.66. The summed E-state index contributed by atoms with van der Waals surface area (Å²) in [6.07, 6.45) is 0. The lowest BCUT2D eigenvalue weighted by molar-refractivity contribution is -0.127. The fourth-order valence-electron chi connectivity index (χ4n) is 2.79. The molecule has 1 heterocycles. The lowest BCUT2D eigenvalue weighted by Gasteiger charge is -2.26. The maximum atomic E-state index is 12.9. The standard InChI is InChI=1S/C18H19N3O2/c1-11-13-7-3-4-8-14(13)15-9-5-6-10-16(15)21(18(11)23)20-17(22)12(2)19/h3-12H,19H2,1-2H3,(H,20,22)/t11-,12-/m0/s1. The second-order valence-electron chi connectivity index (χ2n) is 5.76. The van der Waals surface area contributed by atoms with Gasteiger partial charge in [-0.15, -0.1) is 0 Å². The van der Waals surface area contributed by atoms with Crippen LogP contribution in [-0.2, 0) is 9.59 Å². The number of carbonyl (C=O) groups excluding carboxylic acids is 2. The Morgan fingerprint density at radius 1 is 1.13 bits per heavy atom. The molecule has 0 aliphatic carbocycles. The number of hydrazine groups is 1. The second-order valence-corrected chi connectivity index (χ2v) is 5.76. The van der Waals surface area contributed by atoms with E-state index < -0.39 is 11.9 Å². The Labute approximate surface area is 135 Å². The van der Waals surface area contributed by atoms with Crippen molar-refractivity contribution in [2.24, 2.45) is 5.73 Å². The number of fused-ring (bicyclic) bond motifs is 3. The molecule has 0 saturated heterocycles. The SMILES string of the molecule is C[C@H](N)C(=O)NN1C(=O)[C@@H](C)c2ccccc2-c2ccccc21. The molecular weight excluding hydrogens is 290 g/mol. The minimum Gasteiger partial charge on any atom is -0.320 e. The molecule has 23 heavy (non-hydrogen) atoms. The molecule has 1 aliphatic rings. The van der Waals surface area contributed by atoms with Crippen LogP contribution < -0.4 is 16.2 Å². The number of nitrogens with one attached hydrogen (secondary N) is 1. The average Bonchev–Trinajstić information content (AvgIpc) is 2.65. The number of carbonyl (C=O) groups is 2. The van der Waals surface area contributed by atoms with Gasteiger partial charge in [-0.3, -0.25) is 15.0 Å². The van der Waals surface area contributed by atoms with Gasteiger partial charge in [-0.1, -0.05) is 42.5 Å². The van der Waals surface area contributed by atoms with Gasteiger partial charge in [0.2, 0.25) is 0 Å². The molecule has 3 rings (SSSR count). The summed E-state index contributed by atoms with van der Waals surface area (Å²) in [5.41, 5.74) is 11.8. The van der Waals surface area contributed by atoms with Crippen molar-refractivity contribution in [1.29, 1.82) is 0 Å². The predicted molar refractivity (Wildman–Crippen MR) is 89.6 cm³/mol. The number of anilines is 1. The Bertz CT molecular complexity index is 770. The smallest absolute Gasteiger partial charge is 0.255 e. The molecule has 118 valence electrons. The Morgan fingerprint density at radius 2 is 1.74 bits per heavy atom. The van der Waals surface area contributed by atoms with Crippen LogP contribution in [0.2, 0.25) is 0 Å². The van der Waals surface area contributed by atoms with Gasteiger partial charge in [-0.2, -0.15) is 0 Å². The highest BCUT2D eigenvalue weighted by atomic mass is 16.2. The summed E-state index contributed by atoms with van der Waals surface area (Å²) >= 11 is 0. The minimum absolute atomic E-state index is 0.184. The molecular formula is C18H19N3O2. The maximum absolute atomic E-state index is 12.9. The van der Waals surface area contributed by atoms with E-state index in [0.717, 1.165) is 16.7 Å². The second kappa shape index (κ2) is 5.85. The summed E-state index contributed by atoms with van der Waals surface area (Å²) in [4.78, 5) is 24.9. The minimum atomic E-state index is -0.698. The van der Waals surface area contributed by atoms with E-state index in [2.05, 4.69) is 5.43 Å². The van der Waals surface area contributed by atoms with Crippen LogP contribution in [0.4, 0.5) is 5.69 Å². The molecule has 1 aliphatic heterocycles. The molecule has 0 bridgehead atoms. The zero-order valence-electron chi connectivity index (χ0n) is 13.1. The predicted octanol–water partition coefficient (Wildman–Crippen LogP) is 2.18. The average molecular weight is 309 g/mol. The van der Waals surface area contributed by atoms with Crippen LogP contribution in [0.5, 0.6) is 0 Å². The molecule has 2 atom stereocenters. The molecule has 0 saturated carbocycles. The monoisotopic (exact) mass is 309 g/mol. The largest absolute Gasteiger partial charge is 0.320 e. The lowest BCUT2D eigenvalue weighted by atomic mass is 9.92. The van der Waals surface area contributed by atoms with Gasteiger partial charge in [0.25, 0.3) is 11.8 Å². The number of nitrogens with zero attached hydrogens (tertiary/aromatic N) is 1. The van der Waals surface area contributed by atoms with Crippen LogP contribution in [0, 0.1) is 0 Å². The van der Waals surface area contributed by atoms with Crippen molar-refractivity contribution in [3.05, 3.63) is 54.1 Å². The molecule has 0 spiro atoms. The van der Waals surface area contributed by atoms with Gasteiger partial charge in [0.15, 0.2) is 0 Å². The first-order valence-corrected chi connectivity index (χ1v) is 7.59. The van der Waals surface area contributed by atoms with E-state index in [0.29, 0.717) is 5.69 Å². The fourth-order valence-corrected chi connectivity index (χ4v) is 2.79. The van der Waals surface area contributed by atoms with E-state index >= 15 is 0 Å². The molecule has 2 aromatic rings. The molecule has 5 nitrogen and oxygen atoms in total. The van der Waals surface area contributed by atoms with E-state index in [1.807, 2.05) is 55.5 Å². The van der Waals surface area contributed by atoms with Gasteiger partial charge in [0.05, 0.1) is 17.6 Å². The van der Waals surface area contributed by atoms with Gasteiger partial charge in [-0.25, -0.2) is 5.01 Å². The molecule has 5 heteroatoms.